The molecular formula is C19H26N4O. The van der Waals surface area contributed by atoms with Crippen LogP contribution in [-0.4, -0.2) is 33.9 Å². The van der Waals surface area contributed by atoms with Gasteiger partial charge in [0.15, 0.2) is 0 Å². The van der Waals surface area contributed by atoms with Gasteiger partial charge in [0, 0.05) is 31.3 Å². The maximum Gasteiger partial charge on any atom is 0.221 e. The van der Waals surface area contributed by atoms with Gasteiger partial charge in [0.1, 0.15) is 0 Å². The van der Waals surface area contributed by atoms with Crippen LogP contribution < -0.4 is 5.32 Å². The lowest BCUT2D eigenvalue weighted by atomic mass is 9.95. The Labute approximate surface area is 143 Å². The number of rotatable bonds is 6. The van der Waals surface area contributed by atoms with Crippen molar-refractivity contribution < 1.29 is 4.79 Å². The topological polar surface area (TPSA) is 61.0 Å². The van der Waals surface area contributed by atoms with Crippen LogP contribution in [0.4, 0.5) is 5.69 Å². The van der Waals surface area contributed by atoms with E-state index in [0.29, 0.717) is 0 Å². The molecule has 1 amide bonds. The molecule has 3 rings (SSSR count). The average molecular weight is 326 g/mol. The summed E-state index contributed by atoms with van der Waals surface area (Å²) in [6.45, 7) is 5.91. The zero-order valence-corrected chi connectivity index (χ0v) is 14.5. The summed E-state index contributed by atoms with van der Waals surface area (Å²) in [5, 5.41) is 2.83. The van der Waals surface area contributed by atoms with Gasteiger partial charge in [-0.1, -0.05) is 31.9 Å². The Hall–Kier alpha value is -2.14. The van der Waals surface area contributed by atoms with Gasteiger partial charge >= 0.3 is 0 Å². The Balaban J connectivity index is 1.84. The van der Waals surface area contributed by atoms with Crippen molar-refractivity contribution in [3.05, 3.63) is 47.5 Å². The van der Waals surface area contributed by atoms with E-state index >= 15 is 0 Å². The summed E-state index contributed by atoms with van der Waals surface area (Å²) in [5.41, 5.74) is 4.46. The number of hydrogen-bond donors (Lipinski definition) is 2. The first-order chi connectivity index (χ1) is 11.7. The van der Waals surface area contributed by atoms with Gasteiger partial charge in [0.2, 0.25) is 5.91 Å². The number of H-pyrrole nitrogens is 1. The van der Waals surface area contributed by atoms with Crippen LogP contribution in [0.25, 0.3) is 0 Å². The molecule has 5 nitrogen and oxygen atoms in total. The molecular weight excluding hydrogens is 300 g/mol. The van der Waals surface area contributed by atoms with Crippen molar-refractivity contribution in [3.8, 4) is 0 Å². The smallest absolute Gasteiger partial charge is 0.221 e. The molecule has 1 atom stereocenters. The van der Waals surface area contributed by atoms with Gasteiger partial charge in [-0.25, -0.2) is 4.98 Å². The Morgan fingerprint density at radius 1 is 1.33 bits per heavy atom. The van der Waals surface area contributed by atoms with Crippen LogP contribution >= 0.6 is 0 Å². The summed E-state index contributed by atoms with van der Waals surface area (Å²) >= 11 is 0. The van der Waals surface area contributed by atoms with E-state index in [1.807, 2.05) is 12.1 Å². The first-order valence-electron chi connectivity index (χ1n) is 8.82. The van der Waals surface area contributed by atoms with Crippen LogP contribution in [0.2, 0.25) is 0 Å². The largest absolute Gasteiger partial charge is 0.348 e. The fourth-order valence-corrected chi connectivity index (χ4v) is 3.45. The van der Waals surface area contributed by atoms with Crippen molar-refractivity contribution in [2.75, 3.05) is 18.4 Å². The molecule has 1 aromatic carbocycles. The lowest BCUT2D eigenvalue weighted by molar-refractivity contribution is -0.114. The number of hydrogen-bond acceptors (Lipinski definition) is 3. The summed E-state index contributed by atoms with van der Waals surface area (Å²) in [4.78, 5) is 21.6. The molecule has 2 aromatic rings. The summed E-state index contributed by atoms with van der Waals surface area (Å²) in [5.74, 6) is -0.0452. The molecule has 24 heavy (non-hydrogen) atoms. The van der Waals surface area contributed by atoms with E-state index in [1.54, 1.807) is 6.33 Å². The second kappa shape index (κ2) is 7.62. The molecule has 0 unspecified atom stereocenters. The fourth-order valence-electron chi connectivity index (χ4n) is 3.45. The Morgan fingerprint density at radius 3 is 2.83 bits per heavy atom. The van der Waals surface area contributed by atoms with Crippen molar-refractivity contribution in [2.24, 2.45) is 0 Å². The van der Waals surface area contributed by atoms with Crippen molar-refractivity contribution in [1.29, 1.82) is 0 Å². The van der Waals surface area contributed by atoms with Gasteiger partial charge < -0.3 is 10.3 Å². The van der Waals surface area contributed by atoms with Crippen molar-refractivity contribution >= 4 is 11.6 Å². The van der Waals surface area contributed by atoms with Crippen LogP contribution in [0.15, 0.2) is 30.6 Å². The minimum absolute atomic E-state index is 0.0452. The number of anilines is 1. The molecule has 0 saturated heterocycles. The van der Waals surface area contributed by atoms with Gasteiger partial charge in [-0.15, -0.1) is 0 Å². The maximum absolute atomic E-state index is 11.2. The van der Waals surface area contributed by atoms with Crippen molar-refractivity contribution in [3.63, 3.8) is 0 Å². The molecule has 5 heteroatoms. The fraction of sp³-hybridized carbons (Fsp3) is 0.474. The standard InChI is InChI=1S/C19H26N4O/c1-3-4-5-11-23-12-10-17-18(21-13-20-17)19(23)15-6-8-16(9-7-15)22-14(2)24/h6-9,13,19H,3-5,10-12H2,1-2H3,(H,20,21)(H,22,24)/t19-/m0/s1. The number of fused-ring (bicyclic) bond motifs is 1. The summed E-state index contributed by atoms with van der Waals surface area (Å²) in [6.07, 6.45) is 6.55. The monoisotopic (exact) mass is 326 g/mol. The molecule has 0 fully saturated rings. The number of carbonyl (C=O) groups excluding carboxylic acids is 1. The minimum atomic E-state index is -0.0452. The zero-order chi connectivity index (χ0) is 16.9. The highest BCUT2D eigenvalue weighted by Crippen LogP contribution is 2.34. The molecule has 2 N–H and O–H groups in total. The first-order valence-corrected chi connectivity index (χ1v) is 8.82. The average Bonchev–Trinajstić information content (AvgIpc) is 3.04. The van der Waals surface area contributed by atoms with Crippen LogP contribution in [0.1, 0.15) is 56.1 Å². The quantitative estimate of drug-likeness (QED) is 0.799. The Morgan fingerprint density at radius 2 is 2.12 bits per heavy atom. The predicted molar refractivity (Wildman–Crippen MR) is 96.0 cm³/mol. The van der Waals surface area contributed by atoms with E-state index in [0.717, 1.165) is 30.9 Å². The van der Waals surface area contributed by atoms with Crippen molar-refractivity contribution in [1.82, 2.24) is 14.9 Å². The van der Waals surface area contributed by atoms with Gasteiger partial charge in [-0.05, 0) is 30.7 Å². The molecule has 1 aromatic heterocycles. The molecule has 1 aliphatic heterocycles. The van der Waals surface area contributed by atoms with E-state index in [4.69, 9.17) is 0 Å². The zero-order valence-electron chi connectivity index (χ0n) is 14.5. The van der Waals surface area contributed by atoms with Crippen LogP contribution in [0.3, 0.4) is 0 Å². The normalized spacial score (nSPS) is 17.5. The molecule has 0 aliphatic carbocycles. The van der Waals surface area contributed by atoms with Crippen LogP contribution in [0, 0.1) is 0 Å². The number of nitrogens with one attached hydrogen (secondary N) is 2. The number of benzene rings is 1. The van der Waals surface area contributed by atoms with E-state index in [1.165, 1.54) is 37.4 Å². The summed E-state index contributed by atoms with van der Waals surface area (Å²) in [6, 6.07) is 8.35. The first kappa shape index (κ1) is 16.7. The third kappa shape index (κ3) is 3.67. The van der Waals surface area contributed by atoms with Gasteiger partial charge in [-0.3, -0.25) is 9.69 Å². The number of amides is 1. The van der Waals surface area contributed by atoms with E-state index < -0.39 is 0 Å². The SMILES string of the molecule is CCCCCN1CCc2[nH]cnc2[C@@H]1c1ccc(NC(C)=O)cc1. The summed E-state index contributed by atoms with van der Waals surface area (Å²) < 4.78 is 0. The number of aromatic amines is 1. The van der Waals surface area contributed by atoms with E-state index in [2.05, 4.69) is 39.2 Å². The highest BCUT2D eigenvalue weighted by molar-refractivity contribution is 5.88. The highest BCUT2D eigenvalue weighted by atomic mass is 16.1. The molecule has 2 heterocycles. The third-order valence-electron chi connectivity index (χ3n) is 4.62. The Bertz CT molecular complexity index is 677. The predicted octanol–water partition coefficient (Wildman–Crippen LogP) is 3.51. The van der Waals surface area contributed by atoms with Gasteiger partial charge in [-0.2, -0.15) is 0 Å². The van der Waals surface area contributed by atoms with E-state index in [-0.39, 0.29) is 11.9 Å². The molecule has 0 bridgehead atoms. The Kier molecular flexibility index (Phi) is 5.30. The number of unbranched alkanes of at least 4 members (excludes halogenated alkanes) is 2. The number of carbonyl (C=O) groups is 1. The number of aromatic nitrogens is 2. The van der Waals surface area contributed by atoms with Crippen LogP contribution in [-0.2, 0) is 11.2 Å². The third-order valence-corrected chi connectivity index (χ3v) is 4.62. The van der Waals surface area contributed by atoms with Crippen LogP contribution in [0.5, 0.6) is 0 Å². The maximum atomic E-state index is 11.2. The molecule has 1 aliphatic rings. The lowest BCUT2D eigenvalue weighted by Crippen LogP contribution is -2.37. The second-order valence-corrected chi connectivity index (χ2v) is 6.47. The minimum Gasteiger partial charge on any atom is -0.348 e. The molecule has 0 radical (unpaired) electrons. The van der Waals surface area contributed by atoms with E-state index in [9.17, 15) is 4.79 Å². The van der Waals surface area contributed by atoms with Gasteiger partial charge in [0.25, 0.3) is 0 Å². The van der Waals surface area contributed by atoms with Crippen molar-refractivity contribution in [2.45, 2.75) is 45.6 Å². The summed E-state index contributed by atoms with van der Waals surface area (Å²) in [7, 11) is 0. The molecule has 128 valence electrons. The number of imidazole rings is 1. The lowest BCUT2D eigenvalue weighted by Gasteiger charge is -2.35. The molecule has 0 saturated carbocycles. The number of nitrogens with zero attached hydrogens (tertiary/aromatic N) is 2. The molecule has 0 spiro atoms. The van der Waals surface area contributed by atoms with Gasteiger partial charge in [0.05, 0.1) is 18.1 Å². The highest BCUT2D eigenvalue weighted by Gasteiger charge is 2.30. The second-order valence-electron chi connectivity index (χ2n) is 6.47.